The third kappa shape index (κ3) is 3.25. The molecule has 0 aromatic carbocycles. The second-order valence-electron chi connectivity index (χ2n) is 4.59. The van der Waals surface area contributed by atoms with Crippen LogP contribution in [0.15, 0.2) is 16.3 Å². The number of carbonyl (C=O) groups excluding carboxylic acids is 1. The van der Waals surface area contributed by atoms with E-state index in [0.717, 1.165) is 26.9 Å². The molecule has 1 saturated heterocycles. The zero-order valence-corrected chi connectivity index (χ0v) is 13.0. The maximum atomic E-state index is 12.6. The summed E-state index contributed by atoms with van der Waals surface area (Å²) < 4.78 is 26.4. The number of hydrogen-bond acceptors (Lipinski definition) is 5. The van der Waals surface area contributed by atoms with E-state index < -0.39 is 34.4 Å². The van der Waals surface area contributed by atoms with Gasteiger partial charge >= 0.3 is 5.97 Å². The van der Waals surface area contributed by atoms with Crippen molar-refractivity contribution in [2.24, 2.45) is 0 Å². The molecule has 1 aliphatic rings. The summed E-state index contributed by atoms with van der Waals surface area (Å²) in [5.74, 6) is -1.78. The van der Waals surface area contributed by atoms with Gasteiger partial charge in [-0.2, -0.15) is 4.31 Å². The highest BCUT2D eigenvalue weighted by atomic mass is 32.2. The number of thiophene rings is 1. The van der Waals surface area contributed by atoms with Gasteiger partial charge in [0.25, 0.3) is 10.0 Å². The van der Waals surface area contributed by atoms with Crippen molar-refractivity contribution in [3.05, 3.63) is 17.0 Å². The summed E-state index contributed by atoms with van der Waals surface area (Å²) in [5.41, 5.74) is 0. The topological polar surface area (TPSA) is 104 Å². The zero-order valence-electron chi connectivity index (χ0n) is 11.4. The van der Waals surface area contributed by atoms with Crippen LogP contribution in [0.5, 0.6) is 0 Å². The number of nitrogens with zero attached hydrogens (tertiary/aromatic N) is 1. The number of carbonyl (C=O) groups is 2. The number of piperazine rings is 1. The van der Waals surface area contributed by atoms with Gasteiger partial charge in [-0.3, -0.25) is 9.59 Å². The normalized spacial score (nSPS) is 20.2. The summed E-state index contributed by atoms with van der Waals surface area (Å²) in [6.45, 7) is 2.18. The van der Waals surface area contributed by atoms with Gasteiger partial charge in [-0.1, -0.05) is 6.92 Å². The van der Waals surface area contributed by atoms with Gasteiger partial charge in [-0.25, -0.2) is 8.42 Å². The lowest BCUT2D eigenvalue weighted by Crippen LogP contribution is -2.57. The predicted molar refractivity (Wildman–Crippen MR) is 76.6 cm³/mol. The number of aliphatic carboxylic acids is 1. The molecular formula is C12H16N2O5S2. The van der Waals surface area contributed by atoms with E-state index in [-0.39, 0.29) is 17.3 Å². The molecular weight excluding hydrogens is 316 g/mol. The van der Waals surface area contributed by atoms with E-state index in [1.54, 1.807) is 6.07 Å². The van der Waals surface area contributed by atoms with Crippen LogP contribution in [0.25, 0.3) is 0 Å². The molecule has 7 nitrogen and oxygen atoms in total. The Hall–Kier alpha value is -1.45. The van der Waals surface area contributed by atoms with Gasteiger partial charge in [-0.15, -0.1) is 11.3 Å². The lowest BCUT2D eigenvalue weighted by atomic mass is 10.1. The predicted octanol–water partition coefficient (Wildman–Crippen LogP) is 0.274. The van der Waals surface area contributed by atoms with Gasteiger partial charge in [0.15, 0.2) is 0 Å². The minimum absolute atomic E-state index is 0.0748. The molecule has 0 radical (unpaired) electrons. The van der Waals surface area contributed by atoms with Crippen molar-refractivity contribution in [2.75, 3.05) is 13.1 Å². The maximum absolute atomic E-state index is 12.6. The van der Waals surface area contributed by atoms with E-state index in [0.29, 0.717) is 0 Å². The zero-order chi connectivity index (χ0) is 15.6. The molecule has 2 rings (SSSR count). The number of nitrogens with one attached hydrogen (secondary N) is 1. The van der Waals surface area contributed by atoms with Crippen molar-refractivity contribution >= 4 is 33.2 Å². The van der Waals surface area contributed by atoms with Gasteiger partial charge in [0, 0.05) is 18.0 Å². The summed E-state index contributed by atoms with van der Waals surface area (Å²) >= 11 is 1.15. The van der Waals surface area contributed by atoms with Crippen molar-refractivity contribution < 1.29 is 23.1 Å². The Kier molecular flexibility index (Phi) is 4.64. The smallest absolute Gasteiger partial charge is 0.305 e. The molecule has 9 heteroatoms. The molecule has 1 fully saturated rings. The number of carboxylic acid groups (broad SMARTS) is 1. The number of carboxylic acids is 1. The number of hydrogen-bond donors (Lipinski definition) is 2. The Morgan fingerprint density at radius 3 is 2.81 bits per heavy atom. The molecule has 1 aromatic rings. The SMILES string of the molecule is CCc1ccc(S(=O)(=O)N2CCNC(=O)C2CC(=O)O)s1. The van der Waals surface area contributed by atoms with E-state index in [1.165, 1.54) is 6.07 Å². The number of sulfonamides is 1. The lowest BCUT2D eigenvalue weighted by Gasteiger charge is -2.32. The van der Waals surface area contributed by atoms with Crippen LogP contribution >= 0.6 is 11.3 Å². The van der Waals surface area contributed by atoms with Crippen molar-refractivity contribution in [3.8, 4) is 0 Å². The largest absolute Gasteiger partial charge is 0.481 e. The van der Waals surface area contributed by atoms with Crippen molar-refractivity contribution in [1.82, 2.24) is 9.62 Å². The van der Waals surface area contributed by atoms with Gasteiger partial charge in [0.2, 0.25) is 5.91 Å². The third-order valence-electron chi connectivity index (χ3n) is 3.20. The highest BCUT2D eigenvalue weighted by Crippen LogP contribution is 2.27. The molecule has 2 N–H and O–H groups in total. The summed E-state index contributed by atoms with van der Waals surface area (Å²) in [6, 6.07) is 2.03. The highest BCUT2D eigenvalue weighted by molar-refractivity contribution is 7.91. The average Bonchev–Trinajstić information content (AvgIpc) is 2.90. The number of rotatable bonds is 5. The van der Waals surface area contributed by atoms with E-state index in [1.807, 2.05) is 6.92 Å². The molecule has 21 heavy (non-hydrogen) atoms. The lowest BCUT2D eigenvalue weighted by molar-refractivity contribution is -0.141. The molecule has 1 amide bonds. The third-order valence-corrected chi connectivity index (χ3v) is 6.80. The Morgan fingerprint density at radius 1 is 1.52 bits per heavy atom. The van der Waals surface area contributed by atoms with E-state index in [9.17, 15) is 18.0 Å². The molecule has 0 spiro atoms. The van der Waals surface area contributed by atoms with Crippen LogP contribution in [0.2, 0.25) is 0 Å². The molecule has 0 saturated carbocycles. The average molecular weight is 332 g/mol. The molecule has 0 aliphatic carbocycles. The monoisotopic (exact) mass is 332 g/mol. The van der Waals surface area contributed by atoms with Crippen LogP contribution in [0.1, 0.15) is 18.2 Å². The molecule has 1 atom stereocenters. The molecule has 0 bridgehead atoms. The Balaban J connectivity index is 2.35. The minimum Gasteiger partial charge on any atom is -0.481 e. The second kappa shape index (κ2) is 6.12. The molecule has 1 aromatic heterocycles. The van der Waals surface area contributed by atoms with Gasteiger partial charge in [-0.05, 0) is 18.6 Å². The van der Waals surface area contributed by atoms with E-state index in [4.69, 9.17) is 5.11 Å². The second-order valence-corrected chi connectivity index (χ2v) is 7.88. The first-order chi connectivity index (χ1) is 9.86. The summed E-state index contributed by atoms with van der Waals surface area (Å²) in [5, 5.41) is 11.4. The fourth-order valence-corrected chi connectivity index (χ4v) is 5.16. The molecule has 116 valence electrons. The number of amides is 1. The fourth-order valence-electron chi connectivity index (χ4n) is 2.14. The maximum Gasteiger partial charge on any atom is 0.305 e. The van der Waals surface area contributed by atoms with E-state index in [2.05, 4.69) is 5.32 Å². The molecule has 1 aliphatic heterocycles. The number of aryl methyl sites for hydroxylation is 1. The van der Waals surface area contributed by atoms with Crippen LogP contribution in [0.3, 0.4) is 0 Å². The summed E-state index contributed by atoms with van der Waals surface area (Å²) in [4.78, 5) is 23.6. The van der Waals surface area contributed by atoms with Crippen molar-refractivity contribution in [3.63, 3.8) is 0 Å². The molecule has 2 heterocycles. The first-order valence-corrected chi connectivity index (χ1v) is 8.72. The van der Waals surface area contributed by atoms with Crippen LogP contribution < -0.4 is 5.32 Å². The van der Waals surface area contributed by atoms with E-state index >= 15 is 0 Å². The first kappa shape index (κ1) is 15.9. The van der Waals surface area contributed by atoms with Gasteiger partial charge in [0.1, 0.15) is 10.3 Å². The summed E-state index contributed by atoms with van der Waals surface area (Å²) in [6.07, 6.45) is 0.177. The van der Waals surface area contributed by atoms with Crippen LogP contribution in [-0.2, 0) is 26.0 Å². The fraction of sp³-hybridized carbons (Fsp3) is 0.500. The minimum atomic E-state index is -3.85. The Morgan fingerprint density at radius 2 is 2.24 bits per heavy atom. The van der Waals surface area contributed by atoms with Crippen LogP contribution in [0, 0.1) is 0 Å². The van der Waals surface area contributed by atoms with Crippen molar-refractivity contribution in [1.29, 1.82) is 0 Å². The summed E-state index contributed by atoms with van der Waals surface area (Å²) in [7, 11) is -3.85. The standard InChI is InChI=1S/C12H16N2O5S2/c1-2-8-3-4-11(20-8)21(18,19)14-6-5-13-12(17)9(14)7-10(15)16/h3-4,9H,2,5-7H2,1H3,(H,13,17)(H,15,16). The van der Waals surface area contributed by atoms with Crippen molar-refractivity contribution in [2.45, 2.75) is 30.0 Å². The molecule has 1 unspecified atom stereocenters. The Bertz CT molecular complexity index is 652. The van der Waals surface area contributed by atoms with Crippen LogP contribution in [-0.4, -0.2) is 48.8 Å². The Labute approximate surface area is 126 Å². The first-order valence-electron chi connectivity index (χ1n) is 6.46. The van der Waals surface area contributed by atoms with Crippen LogP contribution in [0.4, 0.5) is 0 Å². The van der Waals surface area contributed by atoms with Gasteiger partial charge in [0.05, 0.1) is 6.42 Å². The van der Waals surface area contributed by atoms with Gasteiger partial charge < -0.3 is 10.4 Å². The highest BCUT2D eigenvalue weighted by Gasteiger charge is 2.40. The quantitative estimate of drug-likeness (QED) is 0.806.